The number of aryl methyl sites for hydroxylation is 1. The lowest BCUT2D eigenvalue weighted by Gasteiger charge is -2.10. The van der Waals surface area contributed by atoms with Crippen LogP contribution in [-0.2, 0) is 13.0 Å². The molecular formula is C14H15ClN2O2. The van der Waals surface area contributed by atoms with Gasteiger partial charge < -0.3 is 9.84 Å². The first-order valence-corrected chi connectivity index (χ1v) is 6.38. The molecule has 2 aromatic rings. The third-order valence-corrected chi connectivity index (χ3v) is 2.77. The minimum Gasteiger partial charge on any atom is -0.485 e. The second-order valence-corrected chi connectivity index (χ2v) is 4.51. The summed E-state index contributed by atoms with van der Waals surface area (Å²) >= 11 is 5.87. The van der Waals surface area contributed by atoms with Crippen molar-refractivity contribution in [1.82, 2.24) is 9.97 Å². The highest BCUT2D eigenvalue weighted by Gasteiger charge is 2.05. The maximum atomic E-state index is 9.00. The highest BCUT2D eigenvalue weighted by atomic mass is 35.5. The van der Waals surface area contributed by atoms with Gasteiger partial charge in [-0.3, -0.25) is 0 Å². The third kappa shape index (κ3) is 3.91. The molecule has 0 amide bonds. The quantitative estimate of drug-likeness (QED) is 0.854. The van der Waals surface area contributed by atoms with Crippen LogP contribution in [0.15, 0.2) is 30.3 Å². The van der Waals surface area contributed by atoms with Gasteiger partial charge in [-0.05, 0) is 31.0 Å². The minimum absolute atomic E-state index is 0.0904. The molecule has 0 spiro atoms. The molecule has 0 atom stereocenters. The molecule has 1 N–H and O–H groups in total. The van der Waals surface area contributed by atoms with Crippen LogP contribution in [0, 0.1) is 6.92 Å². The summed E-state index contributed by atoms with van der Waals surface area (Å²) in [6, 6.07) is 9.29. The van der Waals surface area contributed by atoms with Gasteiger partial charge in [0.1, 0.15) is 17.5 Å². The average Bonchev–Trinajstić information content (AvgIpc) is 2.37. The number of rotatable bonds is 5. The molecule has 2 rings (SSSR count). The monoisotopic (exact) mass is 278 g/mol. The SMILES string of the molecule is Cc1cc(Cl)nc(COc2ccccc2CCO)n1. The Kier molecular flexibility index (Phi) is 4.71. The molecule has 1 aromatic carbocycles. The van der Waals surface area contributed by atoms with E-state index in [9.17, 15) is 0 Å². The zero-order chi connectivity index (χ0) is 13.7. The van der Waals surface area contributed by atoms with Crippen molar-refractivity contribution in [3.05, 3.63) is 52.6 Å². The molecule has 4 nitrogen and oxygen atoms in total. The molecule has 0 fully saturated rings. The molecule has 0 radical (unpaired) electrons. The first kappa shape index (κ1) is 13.8. The fourth-order valence-electron chi connectivity index (χ4n) is 1.77. The normalized spacial score (nSPS) is 10.5. The maximum absolute atomic E-state index is 9.00. The van der Waals surface area contributed by atoms with E-state index in [1.54, 1.807) is 6.07 Å². The van der Waals surface area contributed by atoms with Crippen molar-refractivity contribution in [1.29, 1.82) is 0 Å². The van der Waals surface area contributed by atoms with Crippen molar-refractivity contribution in [2.45, 2.75) is 20.0 Å². The Morgan fingerprint density at radius 3 is 2.79 bits per heavy atom. The van der Waals surface area contributed by atoms with E-state index in [1.165, 1.54) is 0 Å². The van der Waals surface area contributed by atoms with Gasteiger partial charge >= 0.3 is 0 Å². The molecule has 19 heavy (non-hydrogen) atoms. The van der Waals surface area contributed by atoms with E-state index in [1.807, 2.05) is 31.2 Å². The first-order chi connectivity index (χ1) is 9.19. The van der Waals surface area contributed by atoms with Crippen LogP contribution in [-0.4, -0.2) is 21.7 Å². The molecule has 0 saturated heterocycles. The molecule has 100 valence electrons. The Labute approximate surface area is 117 Å². The van der Waals surface area contributed by atoms with Crippen LogP contribution >= 0.6 is 11.6 Å². The van der Waals surface area contributed by atoms with Gasteiger partial charge in [0, 0.05) is 12.3 Å². The zero-order valence-corrected chi connectivity index (χ0v) is 11.4. The van der Waals surface area contributed by atoms with E-state index in [-0.39, 0.29) is 13.2 Å². The molecule has 1 heterocycles. The Morgan fingerprint density at radius 1 is 1.26 bits per heavy atom. The molecule has 0 bridgehead atoms. The number of benzene rings is 1. The van der Waals surface area contributed by atoms with E-state index in [0.29, 0.717) is 17.4 Å². The fraction of sp³-hybridized carbons (Fsp3) is 0.286. The number of ether oxygens (including phenoxy) is 1. The van der Waals surface area contributed by atoms with Gasteiger partial charge in [0.15, 0.2) is 5.82 Å². The lowest BCUT2D eigenvalue weighted by Crippen LogP contribution is -2.04. The third-order valence-electron chi connectivity index (χ3n) is 2.58. The molecule has 0 aliphatic carbocycles. The maximum Gasteiger partial charge on any atom is 0.167 e. The number of hydrogen-bond donors (Lipinski definition) is 1. The van der Waals surface area contributed by atoms with Crippen molar-refractivity contribution in [2.75, 3.05) is 6.61 Å². The van der Waals surface area contributed by atoms with Crippen LogP contribution < -0.4 is 4.74 Å². The van der Waals surface area contributed by atoms with Gasteiger partial charge in [0.2, 0.25) is 0 Å². The van der Waals surface area contributed by atoms with Crippen molar-refractivity contribution < 1.29 is 9.84 Å². The predicted molar refractivity (Wildman–Crippen MR) is 73.3 cm³/mol. The number of aliphatic hydroxyl groups excluding tert-OH is 1. The van der Waals surface area contributed by atoms with Crippen LogP contribution in [0.5, 0.6) is 5.75 Å². The topological polar surface area (TPSA) is 55.2 Å². The number of nitrogens with zero attached hydrogens (tertiary/aromatic N) is 2. The largest absolute Gasteiger partial charge is 0.485 e. The molecule has 1 aromatic heterocycles. The Bertz CT molecular complexity index is 541. The lowest BCUT2D eigenvalue weighted by molar-refractivity contribution is 0.279. The highest BCUT2D eigenvalue weighted by Crippen LogP contribution is 2.19. The summed E-state index contributed by atoms with van der Waals surface area (Å²) in [5.41, 5.74) is 1.77. The second-order valence-electron chi connectivity index (χ2n) is 4.12. The van der Waals surface area contributed by atoms with E-state index >= 15 is 0 Å². The summed E-state index contributed by atoms with van der Waals surface area (Å²) in [5, 5.41) is 9.42. The molecule has 0 aliphatic heterocycles. The van der Waals surface area contributed by atoms with E-state index in [4.69, 9.17) is 21.4 Å². The number of para-hydroxylation sites is 1. The van der Waals surface area contributed by atoms with Crippen LogP contribution in [0.1, 0.15) is 17.1 Å². The molecule has 5 heteroatoms. The highest BCUT2D eigenvalue weighted by molar-refractivity contribution is 6.29. The van der Waals surface area contributed by atoms with E-state index in [2.05, 4.69) is 9.97 Å². The first-order valence-electron chi connectivity index (χ1n) is 6.00. The number of aliphatic hydroxyl groups is 1. The number of aromatic nitrogens is 2. The van der Waals surface area contributed by atoms with Gasteiger partial charge in [-0.15, -0.1) is 0 Å². The molecular weight excluding hydrogens is 264 g/mol. The number of hydrogen-bond acceptors (Lipinski definition) is 4. The fourth-order valence-corrected chi connectivity index (χ4v) is 2.02. The minimum atomic E-state index is 0.0904. The van der Waals surface area contributed by atoms with E-state index in [0.717, 1.165) is 17.0 Å². The van der Waals surface area contributed by atoms with Gasteiger partial charge in [-0.1, -0.05) is 29.8 Å². The van der Waals surface area contributed by atoms with Crippen LogP contribution in [0.2, 0.25) is 5.15 Å². The predicted octanol–water partition coefficient (Wildman–Crippen LogP) is 2.55. The van der Waals surface area contributed by atoms with Gasteiger partial charge in [-0.25, -0.2) is 9.97 Å². The summed E-state index contributed by atoms with van der Waals surface area (Å²) in [5.74, 6) is 1.28. The van der Waals surface area contributed by atoms with Gasteiger partial charge in [0.25, 0.3) is 0 Å². The Hall–Kier alpha value is -1.65. The van der Waals surface area contributed by atoms with Crippen molar-refractivity contribution in [3.8, 4) is 5.75 Å². The van der Waals surface area contributed by atoms with E-state index < -0.39 is 0 Å². The molecule has 0 aliphatic rings. The van der Waals surface area contributed by atoms with Crippen LogP contribution in [0.4, 0.5) is 0 Å². The van der Waals surface area contributed by atoms with Gasteiger partial charge in [0.05, 0.1) is 0 Å². The summed E-state index contributed by atoms with van der Waals surface area (Å²) < 4.78 is 5.69. The Morgan fingerprint density at radius 2 is 2.05 bits per heavy atom. The van der Waals surface area contributed by atoms with Crippen LogP contribution in [0.3, 0.4) is 0 Å². The Balaban J connectivity index is 2.09. The molecule has 0 unspecified atom stereocenters. The smallest absolute Gasteiger partial charge is 0.167 e. The summed E-state index contributed by atoms with van der Waals surface area (Å²) in [6.07, 6.45) is 0.561. The molecule has 0 saturated carbocycles. The average molecular weight is 279 g/mol. The zero-order valence-electron chi connectivity index (χ0n) is 10.6. The summed E-state index contributed by atoms with van der Waals surface area (Å²) in [6.45, 7) is 2.20. The van der Waals surface area contributed by atoms with Crippen molar-refractivity contribution >= 4 is 11.6 Å². The lowest BCUT2D eigenvalue weighted by atomic mass is 10.1. The number of halogens is 1. The van der Waals surface area contributed by atoms with Crippen LogP contribution in [0.25, 0.3) is 0 Å². The van der Waals surface area contributed by atoms with Crippen molar-refractivity contribution in [3.63, 3.8) is 0 Å². The van der Waals surface area contributed by atoms with Crippen molar-refractivity contribution in [2.24, 2.45) is 0 Å². The standard InChI is InChI=1S/C14H15ClN2O2/c1-10-8-13(15)17-14(16-10)9-19-12-5-3-2-4-11(12)6-7-18/h2-5,8,18H,6-7,9H2,1H3. The summed E-state index contributed by atoms with van der Waals surface area (Å²) in [4.78, 5) is 8.36. The van der Waals surface area contributed by atoms with Gasteiger partial charge in [-0.2, -0.15) is 0 Å². The second kappa shape index (κ2) is 6.50. The summed E-state index contributed by atoms with van der Waals surface area (Å²) in [7, 11) is 0.